The van der Waals surface area contributed by atoms with Gasteiger partial charge in [-0.3, -0.25) is 9.48 Å². The number of amides is 1. The molecule has 0 saturated heterocycles. The van der Waals surface area contributed by atoms with E-state index in [9.17, 15) is 4.79 Å². The smallest absolute Gasteiger partial charge is 0.238 e. The van der Waals surface area contributed by atoms with Crippen molar-refractivity contribution in [3.05, 3.63) is 41.7 Å². The number of nitrogens with one attached hydrogen (secondary N) is 2. The predicted octanol–water partition coefficient (Wildman–Crippen LogP) is 1.16. The molecule has 2 aromatic rings. The Labute approximate surface area is 115 Å². The molecule has 0 spiro atoms. The molecule has 0 aliphatic rings. The van der Waals surface area contributed by atoms with Gasteiger partial charge in [-0.25, -0.2) is 0 Å². The molecule has 0 radical (unpaired) electrons. The Morgan fingerprint density at radius 2 is 2.32 bits per heavy atom. The number of benzene rings is 1. The molecular weight excluding hydrogens is 266 g/mol. The third kappa shape index (κ3) is 4.69. The van der Waals surface area contributed by atoms with Crippen LogP contribution in [0.2, 0.25) is 5.02 Å². The standard InChI is InChI=1S/C12H14ClN5O/c13-10-2-1-3-11(8-10)16-12(19)9-14-4-6-18-7-5-15-17-18/h1-3,5,7-8,14H,4,6,9H2,(H,16,19). The maximum atomic E-state index is 11.6. The molecule has 0 fully saturated rings. The lowest BCUT2D eigenvalue weighted by Gasteiger charge is -2.07. The minimum atomic E-state index is -0.110. The summed E-state index contributed by atoms with van der Waals surface area (Å²) < 4.78 is 1.70. The molecule has 100 valence electrons. The van der Waals surface area contributed by atoms with Crippen molar-refractivity contribution in [3.8, 4) is 0 Å². The summed E-state index contributed by atoms with van der Waals surface area (Å²) in [6.45, 7) is 1.55. The first kappa shape index (κ1) is 13.5. The number of nitrogens with zero attached hydrogens (tertiary/aromatic N) is 3. The first-order chi connectivity index (χ1) is 9.24. The molecule has 2 N–H and O–H groups in total. The van der Waals surface area contributed by atoms with E-state index >= 15 is 0 Å². The zero-order chi connectivity index (χ0) is 13.5. The fourth-order valence-electron chi connectivity index (χ4n) is 1.52. The van der Waals surface area contributed by atoms with Crippen LogP contribution in [0.25, 0.3) is 0 Å². The van der Waals surface area contributed by atoms with Gasteiger partial charge in [0.05, 0.1) is 19.3 Å². The van der Waals surface area contributed by atoms with Gasteiger partial charge in [0.15, 0.2) is 0 Å². The molecule has 1 aromatic carbocycles. The van der Waals surface area contributed by atoms with Crippen molar-refractivity contribution in [1.82, 2.24) is 20.3 Å². The Kier molecular flexibility index (Phi) is 4.88. The normalized spacial score (nSPS) is 10.4. The summed E-state index contributed by atoms with van der Waals surface area (Å²) in [5, 5.41) is 13.9. The summed E-state index contributed by atoms with van der Waals surface area (Å²) in [6, 6.07) is 7.04. The van der Waals surface area contributed by atoms with Crippen LogP contribution in [0.15, 0.2) is 36.7 Å². The van der Waals surface area contributed by atoms with Crippen LogP contribution < -0.4 is 10.6 Å². The first-order valence-corrected chi connectivity index (χ1v) is 6.22. The molecular formula is C12H14ClN5O. The number of rotatable bonds is 6. The SMILES string of the molecule is O=C(CNCCn1ccnn1)Nc1cccc(Cl)c1. The second-order valence-electron chi connectivity index (χ2n) is 3.90. The minimum Gasteiger partial charge on any atom is -0.325 e. The van der Waals surface area contributed by atoms with Gasteiger partial charge in [0.25, 0.3) is 0 Å². The lowest BCUT2D eigenvalue weighted by atomic mass is 10.3. The number of anilines is 1. The number of carbonyl (C=O) groups is 1. The third-order valence-electron chi connectivity index (χ3n) is 2.38. The molecule has 0 unspecified atom stereocenters. The van der Waals surface area contributed by atoms with E-state index in [4.69, 9.17) is 11.6 Å². The minimum absolute atomic E-state index is 0.110. The lowest BCUT2D eigenvalue weighted by molar-refractivity contribution is -0.115. The maximum Gasteiger partial charge on any atom is 0.238 e. The highest BCUT2D eigenvalue weighted by Gasteiger charge is 2.02. The average molecular weight is 280 g/mol. The van der Waals surface area contributed by atoms with Gasteiger partial charge in [-0.05, 0) is 18.2 Å². The highest BCUT2D eigenvalue weighted by atomic mass is 35.5. The quantitative estimate of drug-likeness (QED) is 0.779. The Balaban J connectivity index is 1.67. The van der Waals surface area contributed by atoms with Crippen LogP contribution in [-0.2, 0) is 11.3 Å². The Morgan fingerprint density at radius 3 is 3.05 bits per heavy atom. The molecule has 1 amide bonds. The van der Waals surface area contributed by atoms with Gasteiger partial charge in [-0.1, -0.05) is 22.9 Å². The van der Waals surface area contributed by atoms with E-state index in [0.717, 1.165) is 0 Å². The monoisotopic (exact) mass is 279 g/mol. The molecule has 0 aliphatic heterocycles. The summed E-state index contributed by atoms with van der Waals surface area (Å²) >= 11 is 5.83. The van der Waals surface area contributed by atoms with Crippen LogP contribution in [0, 0.1) is 0 Å². The lowest BCUT2D eigenvalue weighted by Crippen LogP contribution is -2.30. The highest BCUT2D eigenvalue weighted by molar-refractivity contribution is 6.30. The fraction of sp³-hybridized carbons (Fsp3) is 0.250. The number of carbonyl (C=O) groups excluding carboxylic acids is 1. The first-order valence-electron chi connectivity index (χ1n) is 5.84. The third-order valence-corrected chi connectivity index (χ3v) is 2.62. The molecule has 6 nitrogen and oxygen atoms in total. The van der Waals surface area contributed by atoms with E-state index in [0.29, 0.717) is 23.8 Å². The van der Waals surface area contributed by atoms with E-state index < -0.39 is 0 Å². The van der Waals surface area contributed by atoms with Crippen molar-refractivity contribution in [2.45, 2.75) is 6.54 Å². The van der Waals surface area contributed by atoms with Crippen LogP contribution in [0.1, 0.15) is 0 Å². The second kappa shape index (κ2) is 6.86. The van der Waals surface area contributed by atoms with E-state index in [1.165, 1.54) is 0 Å². The molecule has 7 heteroatoms. The van der Waals surface area contributed by atoms with Crippen molar-refractivity contribution in [2.75, 3.05) is 18.4 Å². The number of hydrogen-bond donors (Lipinski definition) is 2. The van der Waals surface area contributed by atoms with Crippen LogP contribution in [0.4, 0.5) is 5.69 Å². The van der Waals surface area contributed by atoms with Gasteiger partial charge in [0.1, 0.15) is 0 Å². The summed E-state index contributed by atoms with van der Waals surface area (Å²) in [5.74, 6) is -0.110. The topological polar surface area (TPSA) is 71.8 Å². The summed E-state index contributed by atoms with van der Waals surface area (Å²) in [5.41, 5.74) is 0.690. The van der Waals surface area contributed by atoms with Crippen LogP contribution in [0.5, 0.6) is 0 Å². The summed E-state index contributed by atoms with van der Waals surface area (Å²) in [4.78, 5) is 11.6. The van der Waals surface area contributed by atoms with Crippen molar-refractivity contribution in [3.63, 3.8) is 0 Å². The van der Waals surface area contributed by atoms with Crippen molar-refractivity contribution in [1.29, 1.82) is 0 Å². The average Bonchev–Trinajstić information content (AvgIpc) is 2.88. The predicted molar refractivity (Wildman–Crippen MR) is 73.0 cm³/mol. The van der Waals surface area contributed by atoms with Crippen molar-refractivity contribution in [2.24, 2.45) is 0 Å². The van der Waals surface area contributed by atoms with E-state index in [-0.39, 0.29) is 12.5 Å². The van der Waals surface area contributed by atoms with Gasteiger partial charge in [0, 0.05) is 23.5 Å². The van der Waals surface area contributed by atoms with Crippen LogP contribution >= 0.6 is 11.6 Å². The molecule has 1 aromatic heterocycles. The number of halogens is 1. The van der Waals surface area contributed by atoms with Gasteiger partial charge < -0.3 is 10.6 Å². The zero-order valence-corrected chi connectivity index (χ0v) is 11.0. The number of aromatic nitrogens is 3. The molecule has 0 atom stereocenters. The van der Waals surface area contributed by atoms with Gasteiger partial charge in [-0.15, -0.1) is 5.10 Å². The van der Waals surface area contributed by atoms with Crippen molar-refractivity contribution >= 4 is 23.2 Å². The van der Waals surface area contributed by atoms with E-state index in [2.05, 4.69) is 20.9 Å². The largest absolute Gasteiger partial charge is 0.325 e. The van der Waals surface area contributed by atoms with Gasteiger partial charge >= 0.3 is 0 Å². The van der Waals surface area contributed by atoms with E-state index in [1.807, 2.05) is 0 Å². The fourth-order valence-corrected chi connectivity index (χ4v) is 1.71. The molecule has 19 heavy (non-hydrogen) atoms. The molecule has 0 aliphatic carbocycles. The Bertz CT molecular complexity index is 529. The zero-order valence-electron chi connectivity index (χ0n) is 10.2. The Hall–Kier alpha value is -1.92. The Morgan fingerprint density at radius 1 is 1.42 bits per heavy atom. The summed E-state index contributed by atoms with van der Waals surface area (Å²) in [6.07, 6.45) is 3.39. The van der Waals surface area contributed by atoms with Crippen LogP contribution in [-0.4, -0.2) is 34.0 Å². The van der Waals surface area contributed by atoms with Gasteiger partial charge in [0.2, 0.25) is 5.91 Å². The van der Waals surface area contributed by atoms with Gasteiger partial charge in [-0.2, -0.15) is 0 Å². The summed E-state index contributed by atoms with van der Waals surface area (Å²) in [7, 11) is 0. The molecule has 1 heterocycles. The molecule has 0 saturated carbocycles. The highest BCUT2D eigenvalue weighted by Crippen LogP contribution is 2.14. The molecule has 2 rings (SSSR count). The molecule has 0 bridgehead atoms. The van der Waals surface area contributed by atoms with Crippen molar-refractivity contribution < 1.29 is 4.79 Å². The van der Waals surface area contributed by atoms with E-state index in [1.54, 1.807) is 41.3 Å². The van der Waals surface area contributed by atoms with Crippen LogP contribution in [0.3, 0.4) is 0 Å². The number of hydrogen-bond acceptors (Lipinski definition) is 4. The maximum absolute atomic E-state index is 11.6. The second-order valence-corrected chi connectivity index (χ2v) is 4.34.